The highest BCUT2D eigenvalue weighted by atomic mass is 35.5. The molecule has 174 valence electrons. The van der Waals surface area contributed by atoms with Crippen molar-refractivity contribution in [3.8, 4) is 0 Å². The Hall–Kier alpha value is -1.94. The molecular weight excluding hydrogens is 472 g/mol. The van der Waals surface area contributed by atoms with Crippen molar-refractivity contribution in [1.29, 1.82) is 0 Å². The molecule has 0 radical (unpaired) electrons. The molecule has 1 saturated heterocycles. The number of sulfone groups is 1. The molecule has 0 saturated carbocycles. The first-order valence-corrected chi connectivity index (χ1v) is 13.6. The van der Waals surface area contributed by atoms with Crippen LogP contribution >= 0.6 is 11.6 Å². The van der Waals surface area contributed by atoms with E-state index >= 15 is 0 Å². The highest BCUT2D eigenvalue weighted by Gasteiger charge is 2.36. The van der Waals surface area contributed by atoms with Crippen LogP contribution in [0.5, 0.6) is 0 Å². The van der Waals surface area contributed by atoms with Crippen LogP contribution < -0.4 is 4.72 Å². The highest BCUT2D eigenvalue weighted by Crippen LogP contribution is 2.27. The van der Waals surface area contributed by atoms with Gasteiger partial charge in [0.2, 0.25) is 15.9 Å². The summed E-state index contributed by atoms with van der Waals surface area (Å²) in [5.74, 6) is -0.456. The third-order valence-electron chi connectivity index (χ3n) is 6.06. The largest absolute Gasteiger partial charge is 0.340 e. The van der Waals surface area contributed by atoms with Gasteiger partial charge in [0.15, 0.2) is 9.84 Å². The topological polar surface area (TPSA) is 101 Å². The van der Waals surface area contributed by atoms with Gasteiger partial charge in [0.05, 0.1) is 21.6 Å². The first kappa shape index (κ1) is 24.7. The van der Waals surface area contributed by atoms with Crippen LogP contribution in [0, 0.1) is 27.7 Å². The van der Waals surface area contributed by atoms with E-state index in [1.54, 1.807) is 13.8 Å². The van der Waals surface area contributed by atoms with Crippen LogP contribution in [0.3, 0.4) is 0 Å². The Balaban J connectivity index is 1.70. The summed E-state index contributed by atoms with van der Waals surface area (Å²) in [5, 5.41) is -0.304. The zero-order valence-electron chi connectivity index (χ0n) is 18.5. The zero-order valence-corrected chi connectivity index (χ0v) is 20.9. The van der Waals surface area contributed by atoms with E-state index in [1.165, 1.54) is 29.2 Å². The van der Waals surface area contributed by atoms with Crippen molar-refractivity contribution in [3.05, 3.63) is 57.6 Å². The number of likely N-dealkylation sites (tertiary alicyclic amines) is 1. The molecule has 1 aliphatic heterocycles. The summed E-state index contributed by atoms with van der Waals surface area (Å²) in [6.45, 7) is 7.01. The lowest BCUT2D eigenvalue weighted by Gasteiger charge is -2.19. The van der Waals surface area contributed by atoms with Crippen LogP contribution in [0.2, 0.25) is 5.02 Å². The number of nitrogens with zero attached hydrogens (tertiary/aromatic N) is 1. The number of nitrogens with one attached hydrogen (secondary N) is 1. The molecule has 1 aliphatic rings. The number of carbonyl (C=O) groups excluding carboxylic acids is 1. The Bertz CT molecular complexity index is 1230. The van der Waals surface area contributed by atoms with E-state index in [9.17, 15) is 21.6 Å². The fourth-order valence-corrected chi connectivity index (χ4v) is 7.35. The Labute approximate surface area is 194 Å². The van der Waals surface area contributed by atoms with Gasteiger partial charge in [-0.05, 0) is 80.6 Å². The molecule has 2 aromatic carbocycles. The summed E-state index contributed by atoms with van der Waals surface area (Å²) >= 11 is 5.83. The summed E-state index contributed by atoms with van der Waals surface area (Å²) in [5.41, 5.74) is 3.00. The third-order valence-corrected chi connectivity index (χ3v) is 10.2. The molecule has 1 N–H and O–H groups in total. The number of benzene rings is 2. The lowest BCUT2D eigenvalue weighted by Crippen LogP contribution is -2.40. The van der Waals surface area contributed by atoms with E-state index in [0.29, 0.717) is 22.6 Å². The number of hydrogen-bond donors (Lipinski definition) is 1. The average Bonchev–Trinajstić information content (AvgIpc) is 3.22. The Morgan fingerprint density at radius 3 is 2.16 bits per heavy atom. The minimum absolute atomic E-state index is 0.0210. The summed E-state index contributed by atoms with van der Waals surface area (Å²) in [4.78, 5) is 14.4. The predicted octanol–water partition coefficient (Wildman–Crippen LogP) is 2.93. The maximum atomic E-state index is 12.9. The molecule has 0 bridgehead atoms. The van der Waals surface area contributed by atoms with Crippen LogP contribution in [0.25, 0.3) is 0 Å². The van der Waals surface area contributed by atoms with Crippen molar-refractivity contribution in [2.24, 2.45) is 0 Å². The van der Waals surface area contributed by atoms with Gasteiger partial charge in [0.1, 0.15) is 0 Å². The fourth-order valence-electron chi connectivity index (χ4n) is 3.95. The van der Waals surface area contributed by atoms with E-state index in [4.69, 9.17) is 11.6 Å². The smallest absolute Gasteiger partial charge is 0.241 e. The fraction of sp³-hybridized carbons (Fsp3) is 0.409. The second kappa shape index (κ2) is 9.13. The van der Waals surface area contributed by atoms with Gasteiger partial charge in [-0.25, -0.2) is 21.6 Å². The van der Waals surface area contributed by atoms with Crippen molar-refractivity contribution < 1.29 is 21.6 Å². The number of halogens is 1. The normalized spacial score (nSPS) is 17.0. The van der Waals surface area contributed by atoms with E-state index in [1.807, 2.05) is 19.9 Å². The van der Waals surface area contributed by atoms with Crippen LogP contribution in [0.4, 0.5) is 0 Å². The molecule has 2 aromatic rings. The molecule has 0 aliphatic carbocycles. The highest BCUT2D eigenvalue weighted by molar-refractivity contribution is 7.92. The van der Waals surface area contributed by atoms with Crippen molar-refractivity contribution in [3.63, 3.8) is 0 Å². The SMILES string of the molecule is Cc1cc(C)c(C)c(S(=O)(=O)NCC(=O)N2CCC(S(=O)(=O)c3ccc(Cl)cc3)C2)c1C. The van der Waals surface area contributed by atoms with Crippen molar-refractivity contribution in [2.75, 3.05) is 19.6 Å². The molecule has 10 heteroatoms. The maximum absolute atomic E-state index is 12.9. The minimum atomic E-state index is -3.91. The number of carbonyl (C=O) groups is 1. The molecule has 0 aromatic heterocycles. The maximum Gasteiger partial charge on any atom is 0.241 e. The number of aryl methyl sites for hydroxylation is 2. The molecular formula is C22H27ClN2O5S2. The summed E-state index contributed by atoms with van der Waals surface area (Å²) in [6.07, 6.45) is 0.290. The van der Waals surface area contributed by atoms with Gasteiger partial charge in [-0.2, -0.15) is 0 Å². The van der Waals surface area contributed by atoms with E-state index in [2.05, 4.69) is 4.72 Å². The number of rotatable bonds is 6. The molecule has 3 rings (SSSR count). The lowest BCUT2D eigenvalue weighted by molar-refractivity contribution is -0.128. The molecule has 32 heavy (non-hydrogen) atoms. The number of sulfonamides is 1. The van der Waals surface area contributed by atoms with Gasteiger partial charge in [0.25, 0.3) is 0 Å². The van der Waals surface area contributed by atoms with Gasteiger partial charge in [-0.1, -0.05) is 17.7 Å². The van der Waals surface area contributed by atoms with Gasteiger partial charge < -0.3 is 4.90 Å². The molecule has 1 fully saturated rings. The molecule has 1 amide bonds. The number of amides is 1. The second-order valence-electron chi connectivity index (χ2n) is 8.16. The van der Waals surface area contributed by atoms with Gasteiger partial charge in [-0.15, -0.1) is 0 Å². The zero-order chi connectivity index (χ0) is 23.8. The Morgan fingerprint density at radius 2 is 1.59 bits per heavy atom. The lowest BCUT2D eigenvalue weighted by atomic mass is 10.0. The third kappa shape index (κ3) is 4.85. The van der Waals surface area contributed by atoms with Crippen molar-refractivity contribution in [1.82, 2.24) is 9.62 Å². The quantitative estimate of drug-likeness (QED) is 0.660. The van der Waals surface area contributed by atoms with E-state index in [0.717, 1.165) is 11.1 Å². The van der Waals surface area contributed by atoms with Crippen LogP contribution in [0.1, 0.15) is 28.7 Å². The predicted molar refractivity (Wildman–Crippen MR) is 124 cm³/mol. The summed E-state index contributed by atoms with van der Waals surface area (Å²) in [7, 11) is -7.53. The summed E-state index contributed by atoms with van der Waals surface area (Å²) in [6, 6.07) is 7.85. The first-order chi connectivity index (χ1) is 14.8. The standard InChI is InChI=1S/C22H27ClN2O5S2/c1-14-11-15(2)17(4)22(16(14)3)32(29,30)24-12-21(26)25-10-9-20(13-25)31(27,28)19-7-5-18(23)6-8-19/h5-8,11,20,24H,9-10,12-13H2,1-4H3. The Kier molecular flexibility index (Phi) is 7.05. The van der Waals surface area contributed by atoms with Gasteiger partial charge in [0, 0.05) is 18.1 Å². The Morgan fingerprint density at radius 1 is 1.03 bits per heavy atom. The molecule has 1 atom stereocenters. The summed E-state index contributed by atoms with van der Waals surface area (Å²) < 4.78 is 54.0. The molecule has 0 spiro atoms. The van der Waals surface area contributed by atoms with Crippen molar-refractivity contribution >= 4 is 37.4 Å². The molecule has 1 unspecified atom stereocenters. The van der Waals surface area contributed by atoms with Gasteiger partial charge in [-0.3, -0.25) is 4.79 Å². The van der Waals surface area contributed by atoms with Crippen LogP contribution in [0.15, 0.2) is 40.1 Å². The molecule has 1 heterocycles. The second-order valence-corrected chi connectivity index (χ2v) is 12.5. The van der Waals surface area contributed by atoms with Crippen LogP contribution in [-0.2, 0) is 24.7 Å². The monoisotopic (exact) mass is 498 g/mol. The first-order valence-electron chi connectivity index (χ1n) is 10.2. The van der Waals surface area contributed by atoms with E-state index in [-0.39, 0.29) is 22.9 Å². The van der Waals surface area contributed by atoms with Gasteiger partial charge >= 0.3 is 0 Å². The van der Waals surface area contributed by atoms with Crippen molar-refractivity contribution in [2.45, 2.75) is 49.2 Å². The average molecular weight is 499 g/mol. The minimum Gasteiger partial charge on any atom is -0.340 e. The van der Waals surface area contributed by atoms with Crippen LogP contribution in [-0.4, -0.2) is 52.5 Å². The molecule has 7 nitrogen and oxygen atoms in total. The number of hydrogen-bond acceptors (Lipinski definition) is 5. The van der Waals surface area contributed by atoms with E-state index < -0.39 is 37.6 Å².